The van der Waals surface area contributed by atoms with Gasteiger partial charge >= 0.3 is 0 Å². The Morgan fingerprint density at radius 1 is 1.11 bits per heavy atom. The van der Waals surface area contributed by atoms with Crippen LogP contribution in [-0.2, 0) is 6.42 Å². The number of hydrogen-bond donors (Lipinski definition) is 1. The van der Waals surface area contributed by atoms with E-state index in [1.807, 2.05) is 30.3 Å². The lowest BCUT2D eigenvalue weighted by molar-refractivity contribution is 0.719. The number of halogens is 1. The lowest BCUT2D eigenvalue weighted by atomic mass is 10.1. The largest absolute Gasteiger partial charge is 0.324 e. The minimum absolute atomic E-state index is 0.00587. The number of hydrogen-bond acceptors (Lipinski definition) is 3. The third-order valence-electron chi connectivity index (χ3n) is 3.03. The minimum atomic E-state index is -0.00587. The van der Waals surface area contributed by atoms with Gasteiger partial charge in [-0.2, -0.15) is 0 Å². The second-order valence-corrected chi connectivity index (χ2v) is 6.47. The van der Waals surface area contributed by atoms with Crippen LogP contribution in [0.4, 0.5) is 0 Å². The van der Waals surface area contributed by atoms with Crippen molar-refractivity contribution in [3.05, 3.63) is 63.6 Å². The monoisotopic (exact) mass is 332 g/mol. The maximum atomic E-state index is 6.25. The van der Waals surface area contributed by atoms with Crippen molar-refractivity contribution in [1.82, 2.24) is 4.98 Å². The molecule has 0 saturated heterocycles. The first-order valence-electron chi connectivity index (χ1n) is 6.08. The molecule has 3 rings (SSSR count). The number of nitrogens with two attached hydrogens (primary N) is 1. The van der Waals surface area contributed by atoms with Crippen LogP contribution in [0.3, 0.4) is 0 Å². The summed E-state index contributed by atoms with van der Waals surface area (Å²) in [6, 6.07) is 16.3. The average molecular weight is 333 g/mol. The Kier molecular flexibility index (Phi) is 3.64. The Balaban J connectivity index is 1.82. The highest BCUT2D eigenvalue weighted by atomic mass is 79.9. The number of nitrogens with zero attached hydrogens (tertiary/aromatic N) is 1. The molecule has 0 aliphatic carbocycles. The van der Waals surface area contributed by atoms with E-state index < -0.39 is 0 Å². The molecular weight excluding hydrogens is 320 g/mol. The average Bonchev–Trinajstić information content (AvgIpc) is 2.81. The van der Waals surface area contributed by atoms with Gasteiger partial charge in [-0.25, -0.2) is 4.98 Å². The summed E-state index contributed by atoms with van der Waals surface area (Å²) < 4.78 is 2.30. The van der Waals surface area contributed by atoms with E-state index in [9.17, 15) is 0 Å². The smallest absolute Gasteiger partial charge is 0.0957 e. The lowest BCUT2D eigenvalue weighted by Gasteiger charge is -2.10. The van der Waals surface area contributed by atoms with E-state index in [0.717, 1.165) is 27.0 Å². The van der Waals surface area contributed by atoms with Crippen molar-refractivity contribution in [2.45, 2.75) is 12.5 Å². The van der Waals surface area contributed by atoms with Gasteiger partial charge < -0.3 is 5.73 Å². The van der Waals surface area contributed by atoms with Crippen LogP contribution >= 0.6 is 27.3 Å². The Bertz CT molecular complexity index is 658. The molecule has 2 aromatic carbocycles. The molecule has 0 radical (unpaired) electrons. The van der Waals surface area contributed by atoms with Gasteiger partial charge in [-0.05, 0) is 29.8 Å². The van der Waals surface area contributed by atoms with Gasteiger partial charge in [-0.15, -0.1) is 11.3 Å². The Morgan fingerprint density at radius 3 is 2.58 bits per heavy atom. The zero-order valence-corrected chi connectivity index (χ0v) is 12.6. The van der Waals surface area contributed by atoms with E-state index in [4.69, 9.17) is 5.73 Å². The van der Waals surface area contributed by atoms with E-state index in [-0.39, 0.29) is 6.04 Å². The molecule has 1 heterocycles. The Hall–Kier alpha value is -1.23. The number of fused-ring (bicyclic) bond motifs is 1. The van der Waals surface area contributed by atoms with Crippen molar-refractivity contribution in [1.29, 1.82) is 0 Å². The molecule has 1 unspecified atom stereocenters. The van der Waals surface area contributed by atoms with Crippen LogP contribution in [0.15, 0.2) is 53.0 Å². The van der Waals surface area contributed by atoms with Gasteiger partial charge in [0.25, 0.3) is 0 Å². The molecule has 0 amide bonds. The first kappa shape index (κ1) is 12.8. The SMILES string of the molecule is NC(Cc1nc2ccccc2s1)c1ccc(Br)cc1. The highest BCUT2D eigenvalue weighted by molar-refractivity contribution is 9.10. The Labute approximate surface area is 124 Å². The molecule has 0 spiro atoms. The molecule has 0 aliphatic heterocycles. The second kappa shape index (κ2) is 5.41. The third-order valence-corrected chi connectivity index (χ3v) is 4.62. The van der Waals surface area contributed by atoms with E-state index in [0.29, 0.717) is 0 Å². The normalized spacial score (nSPS) is 12.7. The molecule has 0 bridgehead atoms. The van der Waals surface area contributed by atoms with Crippen LogP contribution in [0.2, 0.25) is 0 Å². The molecular formula is C15H13BrN2S. The molecule has 1 aromatic heterocycles. The summed E-state index contributed by atoms with van der Waals surface area (Å²) in [6.07, 6.45) is 0.779. The highest BCUT2D eigenvalue weighted by Gasteiger charge is 2.10. The van der Waals surface area contributed by atoms with Crippen molar-refractivity contribution in [3.63, 3.8) is 0 Å². The predicted molar refractivity (Wildman–Crippen MR) is 84.4 cm³/mol. The number of para-hydroxylation sites is 1. The summed E-state index contributed by atoms with van der Waals surface area (Å²) in [7, 11) is 0. The van der Waals surface area contributed by atoms with Gasteiger partial charge in [0.15, 0.2) is 0 Å². The molecule has 3 aromatic rings. The zero-order chi connectivity index (χ0) is 13.2. The van der Waals surface area contributed by atoms with Crippen molar-refractivity contribution in [2.75, 3.05) is 0 Å². The number of benzene rings is 2. The molecule has 0 aliphatic rings. The fraction of sp³-hybridized carbons (Fsp3) is 0.133. The molecule has 0 fully saturated rings. The zero-order valence-electron chi connectivity index (χ0n) is 10.2. The lowest BCUT2D eigenvalue weighted by Crippen LogP contribution is -2.12. The van der Waals surface area contributed by atoms with E-state index >= 15 is 0 Å². The summed E-state index contributed by atoms with van der Waals surface area (Å²) >= 11 is 5.16. The van der Waals surface area contributed by atoms with Crippen LogP contribution in [0.1, 0.15) is 16.6 Å². The summed E-state index contributed by atoms with van der Waals surface area (Å²) in [5.41, 5.74) is 8.45. The molecule has 96 valence electrons. The van der Waals surface area contributed by atoms with Gasteiger partial charge in [-0.3, -0.25) is 0 Å². The number of thiazole rings is 1. The maximum Gasteiger partial charge on any atom is 0.0957 e. The second-order valence-electron chi connectivity index (χ2n) is 4.44. The van der Waals surface area contributed by atoms with Gasteiger partial charge in [0.05, 0.1) is 15.2 Å². The molecule has 2 nitrogen and oxygen atoms in total. The van der Waals surface area contributed by atoms with E-state index in [1.54, 1.807) is 11.3 Å². The van der Waals surface area contributed by atoms with Gasteiger partial charge in [0, 0.05) is 16.9 Å². The van der Waals surface area contributed by atoms with Gasteiger partial charge in [0.1, 0.15) is 0 Å². The van der Waals surface area contributed by atoms with Gasteiger partial charge in [0.2, 0.25) is 0 Å². The summed E-state index contributed by atoms with van der Waals surface area (Å²) in [5.74, 6) is 0. The first-order valence-corrected chi connectivity index (χ1v) is 7.69. The predicted octanol–water partition coefficient (Wildman–Crippen LogP) is 4.30. The summed E-state index contributed by atoms with van der Waals surface area (Å²) in [4.78, 5) is 4.63. The van der Waals surface area contributed by atoms with Crippen molar-refractivity contribution in [2.24, 2.45) is 5.73 Å². The molecule has 19 heavy (non-hydrogen) atoms. The fourth-order valence-corrected chi connectivity index (χ4v) is 3.31. The quantitative estimate of drug-likeness (QED) is 0.776. The highest BCUT2D eigenvalue weighted by Crippen LogP contribution is 2.25. The van der Waals surface area contributed by atoms with Crippen LogP contribution in [0, 0.1) is 0 Å². The maximum absolute atomic E-state index is 6.25. The summed E-state index contributed by atoms with van der Waals surface area (Å²) in [6.45, 7) is 0. The number of aromatic nitrogens is 1. The molecule has 4 heteroatoms. The summed E-state index contributed by atoms with van der Waals surface area (Å²) in [5, 5.41) is 1.09. The van der Waals surface area contributed by atoms with Crippen molar-refractivity contribution >= 4 is 37.5 Å². The van der Waals surface area contributed by atoms with Crippen LogP contribution < -0.4 is 5.73 Å². The standard InChI is InChI=1S/C15H13BrN2S/c16-11-7-5-10(6-8-11)12(17)9-15-18-13-3-1-2-4-14(13)19-15/h1-8,12H,9,17H2. The van der Waals surface area contributed by atoms with Gasteiger partial charge in [-0.1, -0.05) is 40.2 Å². The Morgan fingerprint density at radius 2 is 1.84 bits per heavy atom. The molecule has 0 saturated carbocycles. The van der Waals surface area contributed by atoms with E-state index in [1.165, 1.54) is 4.70 Å². The minimum Gasteiger partial charge on any atom is -0.324 e. The first-order chi connectivity index (χ1) is 9.22. The fourth-order valence-electron chi connectivity index (χ4n) is 2.02. The van der Waals surface area contributed by atoms with E-state index in [2.05, 4.69) is 39.1 Å². The van der Waals surface area contributed by atoms with Crippen molar-refractivity contribution in [3.8, 4) is 0 Å². The number of rotatable bonds is 3. The van der Waals surface area contributed by atoms with Crippen molar-refractivity contribution < 1.29 is 0 Å². The molecule has 2 N–H and O–H groups in total. The third kappa shape index (κ3) is 2.86. The van der Waals surface area contributed by atoms with Crippen LogP contribution in [0.5, 0.6) is 0 Å². The molecule has 1 atom stereocenters. The van der Waals surface area contributed by atoms with Crippen LogP contribution in [-0.4, -0.2) is 4.98 Å². The van der Waals surface area contributed by atoms with Crippen LogP contribution in [0.25, 0.3) is 10.2 Å². The topological polar surface area (TPSA) is 38.9 Å².